The van der Waals surface area contributed by atoms with Gasteiger partial charge < -0.3 is 4.98 Å². The monoisotopic (exact) mass is 323 g/mol. The number of nitrogens with one attached hydrogen (secondary N) is 1. The van der Waals surface area contributed by atoms with Crippen molar-refractivity contribution < 1.29 is 0 Å². The molecule has 0 unspecified atom stereocenters. The first-order chi connectivity index (χ1) is 9.81. The number of rotatable bonds is 1. The van der Waals surface area contributed by atoms with Crippen LogP contribution in [0.2, 0.25) is 0 Å². The molecule has 0 aliphatic carbocycles. The molecule has 2 heterocycles. The summed E-state index contributed by atoms with van der Waals surface area (Å²) in [7, 11) is 0. The smallest absolute Gasteiger partial charge is 0.139 e. The molecule has 96 valence electrons. The predicted octanol–water partition coefficient (Wildman–Crippen LogP) is 4.54. The fourth-order valence-corrected chi connectivity index (χ4v) is 2.78. The molecule has 4 rings (SSSR count). The van der Waals surface area contributed by atoms with Crippen molar-refractivity contribution in [2.45, 2.75) is 0 Å². The number of fused-ring (bicyclic) bond motifs is 2. The molecule has 2 aromatic heterocycles. The van der Waals surface area contributed by atoms with E-state index >= 15 is 0 Å². The Morgan fingerprint density at radius 1 is 0.950 bits per heavy atom. The van der Waals surface area contributed by atoms with Crippen LogP contribution in [0.25, 0.3) is 33.3 Å². The molecule has 0 fully saturated rings. The third-order valence-electron chi connectivity index (χ3n) is 3.34. The molecule has 0 amide bonds. The molecule has 0 atom stereocenters. The van der Waals surface area contributed by atoms with E-state index in [1.54, 1.807) is 0 Å². The number of halogens is 1. The van der Waals surface area contributed by atoms with E-state index in [1.807, 2.05) is 42.6 Å². The minimum atomic E-state index is 0.872. The summed E-state index contributed by atoms with van der Waals surface area (Å²) >= 11 is 3.48. The zero-order valence-electron chi connectivity index (χ0n) is 10.5. The lowest BCUT2D eigenvalue weighted by Crippen LogP contribution is -1.84. The first-order valence-electron chi connectivity index (χ1n) is 6.31. The average Bonchev–Trinajstić information content (AvgIpc) is 2.89. The van der Waals surface area contributed by atoms with Crippen LogP contribution in [0.1, 0.15) is 0 Å². The summed E-state index contributed by atoms with van der Waals surface area (Å²) in [5.74, 6) is 0.872. The van der Waals surface area contributed by atoms with E-state index in [9.17, 15) is 0 Å². The van der Waals surface area contributed by atoms with Gasteiger partial charge in [-0.05, 0) is 30.3 Å². The molecule has 4 aromatic rings. The number of hydrogen-bond donors (Lipinski definition) is 1. The van der Waals surface area contributed by atoms with E-state index in [0.717, 1.165) is 37.8 Å². The van der Waals surface area contributed by atoms with E-state index in [0.29, 0.717) is 0 Å². The molecule has 0 radical (unpaired) electrons. The lowest BCUT2D eigenvalue weighted by atomic mass is 10.1. The molecular formula is C16H10BrN3. The summed E-state index contributed by atoms with van der Waals surface area (Å²) in [5.41, 5.74) is 4.04. The maximum atomic E-state index is 4.67. The minimum Gasteiger partial charge on any atom is -0.338 e. The predicted molar refractivity (Wildman–Crippen MR) is 84.5 cm³/mol. The Morgan fingerprint density at radius 2 is 1.90 bits per heavy atom. The van der Waals surface area contributed by atoms with Gasteiger partial charge in [-0.3, -0.25) is 4.98 Å². The van der Waals surface area contributed by atoms with Crippen LogP contribution in [-0.4, -0.2) is 15.0 Å². The van der Waals surface area contributed by atoms with Gasteiger partial charge in [-0.25, -0.2) is 4.98 Å². The van der Waals surface area contributed by atoms with Gasteiger partial charge in [0.2, 0.25) is 0 Å². The molecule has 0 aliphatic rings. The molecule has 0 saturated heterocycles. The zero-order chi connectivity index (χ0) is 13.5. The highest BCUT2D eigenvalue weighted by molar-refractivity contribution is 9.10. The molecule has 0 saturated carbocycles. The zero-order valence-corrected chi connectivity index (χ0v) is 12.1. The van der Waals surface area contributed by atoms with Crippen LogP contribution in [-0.2, 0) is 0 Å². The quantitative estimate of drug-likeness (QED) is 0.558. The minimum absolute atomic E-state index is 0.872. The van der Waals surface area contributed by atoms with E-state index in [1.165, 1.54) is 0 Å². The topological polar surface area (TPSA) is 41.6 Å². The SMILES string of the molecule is Brc1ccc2nc(-c3cccc4ncccc34)[nH]c2c1. The van der Waals surface area contributed by atoms with Gasteiger partial charge in [-0.15, -0.1) is 0 Å². The molecule has 0 spiro atoms. The second kappa shape index (κ2) is 4.42. The van der Waals surface area contributed by atoms with E-state index in [-0.39, 0.29) is 0 Å². The van der Waals surface area contributed by atoms with Crippen LogP contribution in [0.4, 0.5) is 0 Å². The number of H-pyrrole nitrogens is 1. The standard InChI is InChI=1S/C16H10BrN3/c17-10-6-7-14-15(9-10)20-16(19-14)12-3-1-5-13-11(12)4-2-8-18-13/h1-9H,(H,19,20). The fraction of sp³-hybridized carbons (Fsp3) is 0. The third-order valence-corrected chi connectivity index (χ3v) is 3.84. The number of pyridine rings is 1. The van der Waals surface area contributed by atoms with Gasteiger partial charge in [0.15, 0.2) is 0 Å². The molecule has 2 aromatic carbocycles. The molecule has 1 N–H and O–H groups in total. The lowest BCUT2D eigenvalue weighted by Gasteiger charge is -2.02. The number of nitrogens with zero attached hydrogens (tertiary/aromatic N) is 2. The van der Waals surface area contributed by atoms with E-state index < -0.39 is 0 Å². The Bertz CT molecular complexity index is 922. The van der Waals surface area contributed by atoms with Gasteiger partial charge >= 0.3 is 0 Å². The largest absolute Gasteiger partial charge is 0.338 e. The first-order valence-corrected chi connectivity index (χ1v) is 7.10. The molecule has 0 bridgehead atoms. The Morgan fingerprint density at radius 3 is 2.85 bits per heavy atom. The molecule has 4 heteroatoms. The fourth-order valence-electron chi connectivity index (χ4n) is 2.42. The molecular weight excluding hydrogens is 314 g/mol. The molecule has 0 aliphatic heterocycles. The van der Waals surface area contributed by atoms with Crippen molar-refractivity contribution in [1.29, 1.82) is 0 Å². The molecule has 3 nitrogen and oxygen atoms in total. The summed E-state index contributed by atoms with van der Waals surface area (Å²) in [6.45, 7) is 0. The second-order valence-electron chi connectivity index (χ2n) is 4.62. The maximum Gasteiger partial charge on any atom is 0.139 e. The van der Waals surface area contributed by atoms with E-state index in [2.05, 4.69) is 43.0 Å². The number of hydrogen-bond acceptors (Lipinski definition) is 2. The summed E-state index contributed by atoms with van der Waals surface area (Å²) < 4.78 is 1.04. The van der Waals surface area contributed by atoms with Crippen LogP contribution >= 0.6 is 15.9 Å². The van der Waals surface area contributed by atoms with E-state index in [4.69, 9.17) is 0 Å². The van der Waals surface area contributed by atoms with Crippen LogP contribution in [0.15, 0.2) is 59.2 Å². The van der Waals surface area contributed by atoms with Crippen LogP contribution in [0.3, 0.4) is 0 Å². The van der Waals surface area contributed by atoms with Crippen molar-refractivity contribution in [3.05, 3.63) is 59.2 Å². The number of aromatic nitrogens is 3. The van der Waals surface area contributed by atoms with Crippen molar-refractivity contribution in [3.8, 4) is 11.4 Å². The van der Waals surface area contributed by atoms with Gasteiger partial charge in [0.1, 0.15) is 5.82 Å². The normalized spacial score (nSPS) is 11.2. The van der Waals surface area contributed by atoms with Gasteiger partial charge in [-0.2, -0.15) is 0 Å². The first kappa shape index (κ1) is 11.6. The number of aromatic amines is 1. The highest BCUT2D eigenvalue weighted by Crippen LogP contribution is 2.28. The Labute approximate surface area is 123 Å². The van der Waals surface area contributed by atoms with Gasteiger partial charge in [0.25, 0.3) is 0 Å². The van der Waals surface area contributed by atoms with Gasteiger partial charge in [-0.1, -0.05) is 34.1 Å². The average molecular weight is 324 g/mol. The van der Waals surface area contributed by atoms with Crippen molar-refractivity contribution in [2.24, 2.45) is 0 Å². The number of benzene rings is 2. The van der Waals surface area contributed by atoms with Crippen LogP contribution < -0.4 is 0 Å². The Hall–Kier alpha value is -2.20. The summed E-state index contributed by atoms with van der Waals surface area (Å²) in [6.07, 6.45) is 1.81. The number of imidazole rings is 1. The van der Waals surface area contributed by atoms with Gasteiger partial charge in [0.05, 0.1) is 16.6 Å². The summed E-state index contributed by atoms with van der Waals surface area (Å²) in [6, 6.07) is 16.1. The summed E-state index contributed by atoms with van der Waals surface area (Å²) in [4.78, 5) is 12.4. The van der Waals surface area contributed by atoms with Crippen LogP contribution in [0, 0.1) is 0 Å². The highest BCUT2D eigenvalue weighted by Gasteiger charge is 2.09. The van der Waals surface area contributed by atoms with Crippen molar-refractivity contribution in [1.82, 2.24) is 15.0 Å². The van der Waals surface area contributed by atoms with Crippen molar-refractivity contribution in [3.63, 3.8) is 0 Å². The highest BCUT2D eigenvalue weighted by atomic mass is 79.9. The van der Waals surface area contributed by atoms with Gasteiger partial charge in [0, 0.05) is 21.6 Å². The Balaban J connectivity index is 2.01. The third kappa shape index (κ3) is 1.80. The van der Waals surface area contributed by atoms with Crippen molar-refractivity contribution >= 4 is 37.9 Å². The van der Waals surface area contributed by atoms with Crippen molar-refractivity contribution in [2.75, 3.05) is 0 Å². The maximum absolute atomic E-state index is 4.67. The lowest BCUT2D eigenvalue weighted by molar-refractivity contribution is 1.34. The van der Waals surface area contributed by atoms with Crippen LogP contribution in [0.5, 0.6) is 0 Å². The second-order valence-corrected chi connectivity index (χ2v) is 5.54. The Kier molecular flexibility index (Phi) is 2.57. The summed E-state index contributed by atoms with van der Waals surface area (Å²) in [5, 5.41) is 1.10. The molecule has 20 heavy (non-hydrogen) atoms.